The number of halogens is 3. The van der Waals surface area contributed by atoms with E-state index in [1.165, 1.54) is 5.57 Å². The average Bonchev–Trinajstić information content (AvgIpc) is 2.93. The maximum Gasteiger partial charge on any atom is 0.416 e. The van der Waals surface area contributed by atoms with E-state index in [0.29, 0.717) is 25.2 Å². The molecule has 4 aromatic carbocycles. The Morgan fingerprint density at radius 3 is 2.29 bits per heavy atom. The second-order valence-electron chi connectivity index (χ2n) is 9.39. The zero-order chi connectivity index (χ0) is 26.5. The summed E-state index contributed by atoms with van der Waals surface area (Å²) in [4.78, 5) is 2.24. The molecular formula is C32H26F3N2P. The van der Waals surface area contributed by atoms with E-state index in [0.717, 1.165) is 59.9 Å². The van der Waals surface area contributed by atoms with E-state index >= 15 is 0 Å². The summed E-state index contributed by atoms with van der Waals surface area (Å²) in [5.41, 5.74) is 4.94. The third kappa shape index (κ3) is 6.05. The van der Waals surface area contributed by atoms with Crippen LogP contribution in [0.5, 0.6) is 0 Å². The van der Waals surface area contributed by atoms with Crippen LogP contribution in [0.3, 0.4) is 0 Å². The molecule has 38 heavy (non-hydrogen) atoms. The van der Waals surface area contributed by atoms with Gasteiger partial charge in [0, 0.05) is 25.2 Å². The number of nitrogens with zero attached hydrogens (tertiary/aromatic N) is 2. The fraction of sp³-hybridized carbons (Fsp3) is 0.156. The van der Waals surface area contributed by atoms with E-state index in [4.69, 9.17) is 0 Å². The van der Waals surface area contributed by atoms with Gasteiger partial charge in [-0.1, -0.05) is 87.2 Å². The summed E-state index contributed by atoms with van der Waals surface area (Å²) in [7, 11) is 0.740. The van der Waals surface area contributed by atoms with Gasteiger partial charge in [0.1, 0.15) is 0 Å². The van der Waals surface area contributed by atoms with Gasteiger partial charge in [0.15, 0.2) is 0 Å². The third-order valence-electron chi connectivity index (χ3n) is 6.64. The predicted molar refractivity (Wildman–Crippen MR) is 150 cm³/mol. The SMILES string of the molecule is N#Cc1ccc(CN(CC2=CPCC=C2)Cc2ccc(C(F)(F)F)cc2)cc1-c1cccc2ccccc12. The highest BCUT2D eigenvalue weighted by molar-refractivity contribution is 7.42. The normalized spacial score (nSPS) is 14.1. The lowest BCUT2D eigenvalue weighted by Gasteiger charge is -2.25. The lowest BCUT2D eigenvalue weighted by molar-refractivity contribution is -0.137. The number of allylic oxidation sites excluding steroid dienone is 1. The number of nitriles is 1. The lowest BCUT2D eigenvalue weighted by atomic mass is 9.93. The molecule has 0 N–H and O–H groups in total. The van der Waals surface area contributed by atoms with Crippen molar-refractivity contribution in [2.75, 3.05) is 12.7 Å². The van der Waals surface area contributed by atoms with E-state index in [2.05, 4.69) is 53.2 Å². The fourth-order valence-corrected chi connectivity index (χ4v) is 5.65. The maximum atomic E-state index is 13.1. The second-order valence-corrected chi connectivity index (χ2v) is 10.5. The van der Waals surface area contributed by atoms with Crippen molar-refractivity contribution >= 4 is 19.4 Å². The van der Waals surface area contributed by atoms with Crippen molar-refractivity contribution in [3.8, 4) is 17.2 Å². The minimum Gasteiger partial charge on any atom is -0.291 e. The molecule has 0 saturated heterocycles. The summed E-state index contributed by atoms with van der Waals surface area (Å²) >= 11 is 0. The van der Waals surface area contributed by atoms with E-state index in [1.54, 1.807) is 12.1 Å². The molecule has 1 atom stereocenters. The Morgan fingerprint density at radius 2 is 1.55 bits per heavy atom. The van der Waals surface area contributed by atoms with Crippen LogP contribution in [0.25, 0.3) is 21.9 Å². The van der Waals surface area contributed by atoms with Crippen LogP contribution in [-0.4, -0.2) is 17.6 Å². The van der Waals surface area contributed by atoms with Gasteiger partial charge in [-0.25, -0.2) is 0 Å². The monoisotopic (exact) mass is 526 g/mol. The number of hydrogen-bond acceptors (Lipinski definition) is 2. The van der Waals surface area contributed by atoms with Crippen LogP contribution in [0.15, 0.2) is 108 Å². The van der Waals surface area contributed by atoms with Crippen molar-refractivity contribution < 1.29 is 13.2 Å². The number of alkyl halides is 3. The van der Waals surface area contributed by atoms with Gasteiger partial charge < -0.3 is 0 Å². The fourth-order valence-electron chi connectivity index (χ4n) is 4.83. The Bertz CT molecular complexity index is 1540. The molecule has 1 aliphatic rings. The largest absolute Gasteiger partial charge is 0.416 e. The first kappa shape index (κ1) is 25.9. The van der Waals surface area contributed by atoms with Crippen LogP contribution in [0.2, 0.25) is 0 Å². The molecule has 0 aliphatic carbocycles. The molecule has 0 amide bonds. The van der Waals surface area contributed by atoms with Crippen LogP contribution < -0.4 is 0 Å². The van der Waals surface area contributed by atoms with Gasteiger partial charge in [-0.15, -0.1) is 0 Å². The molecule has 0 bridgehead atoms. The zero-order valence-corrected chi connectivity index (χ0v) is 21.7. The average molecular weight is 527 g/mol. The summed E-state index contributed by atoms with van der Waals surface area (Å²) in [5.74, 6) is 2.25. The van der Waals surface area contributed by atoms with E-state index in [1.807, 2.05) is 36.4 Å². The van der Waals surface area contributed by atoms with Crippen LogP contribution in [-0.2, 0) is 19.3 Å². The molecule has 6 heteroatoms. The Kier molecular flexibility index (Phi) is 7.74. The lowest BCUT2D eigenvalue weighted by Crippen LogP contribution is -2.25. The molecule has 1 aliphatic heterocycles. The first-order valence-corrected chi connectivity index (χ1v) is 13.7. The minimum absolute atomic E-state index is 0.510. The van der Waals surface area contributed by atoms with Crippen molar-refractivity contribution in [1.29, 1.82) is 5.26 Å². The van der Waals surface area contributed by atoms with Gasteiger partial charge in [-0.3, -0.25) is 4.90 Å². The molecule has 0 fully saturated rings. The van der Waals surface area contributed by atoms with Gasteiger partial charge in [0.2, 0.25) is 0 Å². The molecule has 2 nitrogen and oxygen atoms in total. The Labute approximate surface area is 222 Å². The minimum atomic E-state index is -4.35. The quantitative estimate of drug-likeness (QED) is 0.226. The molecule has 0 saturated carbocycles. The highest BCUT2D eigenvalue weighted by atomic mass is 31.1. The Morgan fingerprint density at radius 1 is 0.816 bits per heavy atom. The number of benzene rings is 4. The van der Waals surface area contributed by atoms with E-state index in [-0.39, 0.29) is 0 Å². The Hall–Kier alpha value is -3.71. The highest BCUT2D eigenvalue weighted by Gasteiger charge is 2.30. The summed E-state index contributed by atoms with van der Waals surface area (Å²) in [6, 6.07) is 27.9. The number of fused-ring (bicyclic) bond motifs is 1. The summed E-state index contributed by atoms with van der Waals surface area (Å²) in [5, 5.41) is 12.1. The standard InChI is InChI=1S/C32H26F3N2P/c33-32(34,35)28-14-11-23(12-15-28)19-37(21-25-5-4-16-38-22-25)20-24-10-13-27(18-36)31(17-24)30-9-3-7-26-6-1-2-8-29(26)30/h1-15,17,22,38H,16,19-21H2. The van der Waals surface area contributed by atoms with Gasteiger partial charge >= 0.3 is 6.18 Å². The summed E-state index contributed by atoms with van der Waals surface area (Å²) in [6.45, 7) is 1.79. The van der Waals surface area contributed by atoms with Crippen LogP contribution in [0, 0.1) is 11.3 Å². The molecule has 0 radical (unpaired) electrons. The van der Waals surface area contributed by atoms with E-state index < -0.39 is 11.7 Å². The van der Waals surface area contributed by atoms with Gasteiger partial charge in [-0.2, -0.15) is 18.4 Å². The summed E-state index contributed by atoms with van der Waals surface area (Å²) < 4.78 is 39.2. The molecule has 0 aromatic heterocycles. The van der Waals surface area contributed by atoms with Gasteiger partial charge in [0.05, 0.1) is 17.2 Å². The predicted octanol–water partition coefficient (Wildman–Crippen LogP) is 8.53. The zero-order valence-electron chi connectivity index (χ0n) is 20.7. The number of rotatable bonds is 7. The molecule has 190 valence electrons. The molecule has 1 heterocycles. The smallest absolute Gasteiger partial charge is 0.291 e. The van der Waals surface area contributed by atoms with Crippen molar-refractivity contribution in [3.05, 3.63) is 131 Å². The van der Waals surface area contributed by atoms with E-state index in [9.17, 15) is 18.4 Å². The van der Waals surface area contributed by atoms with Gasteiger partial charge in [0.25, 0.3) is 0 Å². The topological polar surface area (TPSA) is 27.0 Å². The van der Waals surface area contributed by atoms with Crippen molar-refractivity contribution in [3.63, 3.8) is 0 Å². The first-order valence-electron chi connectivity index (χ1n) is 12.4. The molecule has 5 rings (SSSR count). The van der Waals surface area contributed by atoms with Crippen molar-refractivity contribution in [2.24, 2.45) is 0 Å². The first-order chi connectivity index (χ1) is 18.4. The maximum absolute atomic E-state index is 13.1. The van der Waals surface area contributed by atoms with Crippen molar-refractivity contribution in [2.45, 2.75) is 19.3 Å². The molecule has 1 unspecified atom stereocenters. The summed E-state index contributed by atoms with van der Waals surface area (Å²) in [6.07, 6.45) is 1.00. The Balaban J connectivity index is 1.47. The number of hydrogen-bond donors (Lipinski definition) is 0. The molecular weight excluding hydrogens is 500 g/mol. The van der Waals surface area contributed by atoms with Crippen LogP contribution in [0.1, 0.15) is 22.3 Å². The van der Waals surface area contributed by atoms with Crippen molar-refractivity contribution in [1.82, 2.24) is 4.90 Å². The second kappa shape index (κ2) is 11.4. The van der Waals surface area contributed by atoms with Gasteiger partial charge in [-0.05, 0) is 63.5 Å². The molecule has 0 spiro atoms. The van der Waals surface area contributed by atoms with Crippen LogP contribution in [0.4, 0.5) is 13.2 Å². The third-order valence-corrected chi connectivity index (χ3v) is 7.69. The molecule has 4 aromatic rings. The van der Waals surface area contributed by atoms with Crippen LogP contribution >= 0.6 is 8.58 Å². The highest BCUT2D eigenvalue weighted by Crippen LogP contribution is 2.33.